The number of rotatable bonds is 8. The molecule has 0 aliphatic heterocycles. The summed E-state index contributed by atoms with van der Waals surface area (Å²) in [6.07, 6.45) is 1.03. The fourth-order valence-electron chi connectivity index (χ4n) is 2.55. The summed E-state index contributed by atoms with van der Waals surface area (Å²) in [6.45, 7) is 2.33. The first-order valence-electron chi connectivity index (χ1n) is 8.55. The van der Waals surface area contributed by atoms with Gasteiger partial charge >= 0.3 is 0 Å². The highest BCUT2D eigenvalue weighted by Crippen LogP contribution is 2.15. The molecule has 0 radical (unpaired) electrons. The molecule has 7 nitrogen and oxygen atoms in total. The van der Waals surface area contributed by atoms with Gasteiger partial charge in [-0.05, 0) is 42.2 Å². The minimum Gasteiger partial charge on any atom is -0.355 e. The molecule has 0 atom stereocenters. The van der Waals surface area contributed by atoms with Crippen LogP contribution in [-0.4, -0.2) is 26.8 Å². The molecule has 2 rings (SSSR count). The number of anilines is 1. The van der Waals surface area contributed by atoms with Crippen LogP contribution in [0.2, 0.25) is 0 Å². The van der Waals surface area contributed by atoms with Crippen molar-refractivity contribution in [2.45, 2.75) is 31.1 Å². The van der Waals surface area contributed by atoms with Crippen LogP contribution in [0.15, 0.2) is 53.4 Å². The number of sulfonamides is 1. The Kier molecular flexibility index (Phi) is 7.09. The van der Waals surface area contributed by atoms with Crippen molar-refractivity contribution in [2.75, 3.05) is 11.9 Å². The van der Waals surface area contributed by atoms with Crippen LogP contribution in [0, 0.1) is 0 Å². The van der Waals surface area contributed by atoms with Crippen LogP contribution in [0.3, 0.4) is 0 Å². The van der Waals surface area contributed by atoms with Gasteiger partial charge in [0.25, 0.3) is 0 Å². The van der Waals surface area contributed by atoms with Crippen molar-refractivity contribution in [1.82, 2.24) is 5.32 Å². The molecule has 2 aromatic carbocycles. The fraction of sp³-hybridized carbons (Fsp3) is 0.263. The molecule has 0 saturated heterocycles. The Morgan fingerprint density at radius 3 is 2.30 bits per heavy atom. The number of hydrogen-bond donors (Lipinski definition) is 3. The molecule has 4 N–H and O–H groups in total. The van der Waals surface area contributed by atoms with E-state index in [2.05, 4.69) is 10.6 Å². The van der Waals surface area contributed by atoms with E-state index in [1.807, 2.05) is 25.1 Å². The Labute approximate surface area is 159 Å². The van der Waals surface area contributed by atoms with Crippen LogP contribution in [0.5, 0.6) is 0 Å². The van der Waals surface area contributed by atoms with Gasteiger partial charge in [-0.2, -0.15) is 0 Å². The number of primary sulfonamides is 1. The second-order valence-electron chi connectivity index (χ2n) is 6.02. The summed E-state index contributed by atoms with van der Waals surface area (Å²) >= 11 is 0. The van der Waals surface area contributed by atoms with Crippen LogP contribution in [0.1, 0.15) is 24.5 Å². The van der Waals surface area contributed by atoms with Gasteiger partial charge in [0, 0.05) is 12.2 Å². The number of hydrogen-bond acceptors (Lipinski definition) is 4. The quantitative estimate of drug-likeness (QED) is 0.594. The zero-order valence-electron chi connectivity index (χ0n) is 15.1. The van der Waals surface area contributed by atoms with Crippen molar-refractivity contribution < 1.29 is 18.0 Å². The van der Waals surface area contributed by atoms with Crippen LogP contribution in [0.4, 0.5) is 5.69 Å². The Hall–Kier alpha value is -2.71. The van der Waals surface area contributed by atoms with Gasteiger partial charge in [0.05, 0.1) is 4.90 Å². The van der Waals surface area contributed by atoms with Gasteiger partial charge in [0.1, 0.15) is 6.42 Å². The van der Waals surface area contributed by atoms with E-state index in [0.29, 0.717) is 18.7 Å². The molecule has 8 heteroatoms. The van der Waals surface area contributed by atoms with E-state index in [4.69, 9.17) is 5.14 Å². The van der Waals surface area contributed by atoms with Crippen molar-refractivity contribution >= 4 is 27.5 Å². The van der Waals surface area contributed by atoms with Crippen LogP contribution < -0.4 is 15.8 Å². The van der Waals surface area contributed by atoms with E-state index in [1.165, 1.54) is 12.1 Å². The van der Waals surface area contributed by atoms with Crippen molar-refractivity contribution in [1.29, 1.82) is 0 Å². The number of para-hydroxylation sites is 1. The number of carbonyl (C=O) groups is 2. The Bertz CT molecular complexity index is 909. The van der Waals surface area contributed by atoms with E-state index < -0.39 is 10.0 Å². The number of carbonyl (C=O) groups excluding carboxylic acids is 2. The minimum absolute atomic E-state index is 0.0410. The lowest BCUT2D eigenvalue weighted by molar-refractivity contribution is -0.126. The summed E-state index contributed by atoms with van der Waals surface area (Å²) in [5, 5.41) is 10.5. The summed E-state index contributed by atoms with van der Waals surface area (Å²) in [6, 6.07) is 13.6. The van der Waals surface area contributed by atoms with Gasteiger partial charge < -0.3 is 10.6 Å². The number of nitrogens with one attached hydrogen (secondary N) is 2. The van der Waals surface area contributed by atoms with Gasteiger partial charge in [-0.1, -0.05) is 37.3 Å². The normalized spacial score (nSPS) is 11.0. The van der Waals surface area contributed by atoms with Crippen LogP contribution in [-0.2, 0) is 32.5 Å². The first-order chi connectivity index (χ1) is 12.8. The van der Waals surface area contributed by atoms with Gasteiger partial charge in [0.2, 0.25) is 21.8 Å². The molecule has 0 fully saturated rings. The number of nitrogens with two attached hydrogens (primary N) is 1. The van der Waals surface area contributed by atoms with E-state index in [1.54, 1.807) is 18.2 Å². The largest absolute Gasteiger partial charge is 0.355 e. The fourth-order valence-corrected chi connectivity index (χ4v) is 3.06. The third-order valence-corrected chi connectivity index (χ3v) is 4.91. The number of benzene rings is 2. The highest BCUT2D eigenvalue weighted by atomic mass is 32.2. The molecule has 27 heavy (non-hydrogen) atoms. The molecule has 0 spiro atoms. The third kappa shape index (κ3) is 6.50. The maximum atomic E-state index is 12.0. The van der Waals surface area contributed by atoms with Gasteiger partial charge in [0.15, 0.2) is 0 Å². The zero-order chi connectivity index (χ0) is 19.9. The molecule has 0 aromatic heterocycles. The average Bonchev–Trinajstić information content (AvgIpc) is 2.61. The van der Waals surface area contributed by atoms with Gasteiger partial charge in [-0.15, -0.1) is 0 Å². The molecule has 0 heterocycles. The topological polar surface area (TPSA) is 118 Å². The summed E-state index contributed by atoms with van der Waals surface area (Å²) < 4.78 is 22.4. The predicted octanol–water partition coefficient (Wildman–Crippen LogP) is 1.58. The van der Waals surface area contributed by atoms with E-state index in [-0.39, 0.29) is 23.1 Å². The Morgan fingerprint density at radius 2 is 1.67 bits per heavy atom. The summed E-state index contributed by atoms with van der Waals surface area (Å²) in [7, 11) is -3.71. The maximum Gasteiger partial charge on any atom is 0.238 e. The average molecular weight is 389 g/mol. The first-order valence-corrected chi connectivity index (χ1v) is 10.1. The number of amides is 2. The van der Waals surface area contributed by atoms with E-state index in [0.717, 1.165) is 17.5 Å². The van der Waals surface area contributed by atoms with Gasteiger partial charge in [-0.25, -0.2) is 13.6 Å². The second-order valence-corrected chi connectivity index (χ2v) is 7.59. The SMILES string of the molecule is CCc1ccccc1NC(=O)CC(=O)NCCc1ccc(S(N)(=O)=O)cc1. The van der Waals surface area contributed by atoms with Crippen molar-refractivity contribution in [3.63, 3.8) is 0 Å². The lowest BCUT2D eigenvalue weighted by atomic mass is 10.1. The molecule has 144 valence electrons. The van der Waals surface area contributed by atoms with E-state index in [9.17, 15) is 18.0 Å². The molecule has 2 aromatic rings. The molecular weight excluding hydrogens is 366 g/mol. The molecule has 0 saturated carbocycles. The maximum absolute atomic E-state index is 12.0. The number of aryl methyl sites for hydroxylation is 1. The molecule has 0 aliphatic carbocycles. The predicted molar refractivity (Wildman–Crippen MR) is 104 cm³/mol. The lowest BCUT2D eigenvalue weighted by Crippen LogP contribution is -2.29. The minimum atomic E-state index is -3.71. The van der Waals surface area contributed by atoms with E-state index >= 15 is 0 Å². The standard InChI is InChI=1S/C19H23N3O4S/c1-2-15-5-3-4-6-17(15)22-19(24)13-18(23)21-12-11-14-7-9-16(10-8-14)27(20,25)26/h3-10H,2,11-13H2,1H3,(H,21,23)(H,22,24)(H2,20,25,26). The highest BCUT2D eigenvalue weighted by Gasteiger charge is 2.11. The molecule has 2 amide bonds. The van der Waals surface area contributed by atoms with Crippen LogP contribution >= 0.6 is 0 Å². The lowest BCUT2D eigenvalue weighted by Gasteiger charge is -2.10. The second kappa shape index (κ2) is 9.29. The molecule has 0 bridgehead atoms. The summed E-state index contributed by atoms with van der Waals surface area (Å²) in [5.74, 6) is -0.742. The summed E-state index contributed by atoms with van der Waals surface area (Å²) in [5.41, 5.74) is 2.57. The van der Waals surface area contributed by atoms with Crippen molar-refractivity contribution in [3.8, 4) is 0 Å². The molecular formula is C19H23N3O4S. The Balaban J connectivity index is 1.78. The zero-order valence-corrected chi connectivity index (χ0v) is 15.9. The smallest absolute Gasteiger partial charge is 0.238 e. The highest BCUT2D eigenvalue weighted by molar-refractivity contribution is 7.89. The Morgan fingerprint density at radius 1 is 1.00 bits per heavy atom. The summed E-state index contributed by atoms with van der Waals surface area (Å²) in [4.78, 5) is 24.0. The molecule has 0 aliphatic rings. The van der Waals surface area contributed by atoms with Gasteiger partial charge in [-0.3, -0.25) is 9.59 Å². The molecule has 0 unspecified atom stereocenters. The third-order valence-electron chi connectivity index (χ3n) is 3.98. The monoisotopic (exact) mass is 389 g/mol. The van der Waals surface area contributed by atoms with Crippen molar-refractivity contribution in [3.05, 3.63) is 59.7 Å². The first kappa shape index (κ1) is 20.6. The van der Waals surface area contributed by atoms with Crippen molar-refractivity contribution in [2.24, 2.45) is 5.14 Å². The van der Waals surface area contributed by atoms with Crippen LogP contribution in [0.25, 0.3) is 0 Å².